The van der Waals surface area contributed by atoms with Crippen molar-refractivity contribution in [1.82, 2.24) is 0 Å². The topological polar surface area (TPSA) is 58.6 Å². The van der Waals surface area contributed by atoms with E-state index in [4.69, 9.17) is 4.74 Å². The molecular formula is C14H19NO3. The number of carbonyl (C=O) groups excluding carboxylic acids is 1. The van der Waals surface area contributed by atoms with E-state index >= 15 is 0 Å². The van der Waals surface area contributed by atoms with Gasteiger partial charge in [0.1, 0.15) is 5.75 Å². The number of benzene rings is 1. The number of aryl methyl sites for hydroxylation is 1. The molecule has 0 bridgehead atoms. The van der Waals surface area contributed by atoms with Gasteiger partial charge in [0, 0.05) is 18.9 Å². The predicted octanol–water partition coefficient (Wildman–Crippen LogP) is 2.60. The maximum absolute atomic E-state index is 11.9. The van der Waals surface area contributed by atoms with E-state index < -0.39 is 0 Å². The van der Waals surface area contributed by atoms with Gasteiger partial charge in [-0.1, -0.05) is 6.07 Å². The zero-order valence-corrected chi connectivity index (χ0v) is 10.8. The Kier molecular flexibility index (Phi) is 3.57. The minimum absolute atomic E-state index is 0.0696. The maximum atomic E-state index is 11.9. The van der Waals surface area contributed by atoms with E-state index in [0.717, 1.165) is 24.8 Å². The van der Waals surface area contributed by atoms with Crippen LogP contribution in [0.1, 0.15) is 31.2 Å². The lowest BCUT2D eigenvalue weighted by Crippen LogP contribution is -2.42. The molecule has 1 fully saturated rings. The highest BCUT2D eigenvalue weighted by atomic mass is 16.5. The summed E-state index contributed by atoms with van der Waals surface area (Å²) in [5.74, 6) is 0.123. The smallest absolute Gasteiger partial charge is 0.227 e. The number of carbonyl (C=O) groups is 1. The Morgan fingerprint density at radius 2 is 2.22 bits per heavy atom. The number of aromatic hydroxyl groups is 1. The SMILES string of the molecule is COC1(CC(=O)Nc2ccc(C)c(O)c2)CCC1. The molecule has 1 saturated carbocycles. The molecule has 0 aliphatic heterocycles. The second-order valence-electron chi connectivity index (χ2n) is 4.97. The molecule has 0 aromatic heterocycles. The first-order chi connectivity index (χ1) is 8.54. The number of methoxy groups -OCH3 is 1. The number of phenolic OH excluding ortho intramolecular Hbond substituents is 1. The monoisotopic (exact) mass is 249 g/mol. The highest BCUT2D eigenvalue weighted by molar-refractivity contribution is 5.91. The fourth-order valence-corrected chi connectivity index (χ4v) is 2.21. The number of amides is 1. The molecule has 0 heterocycles. The Labute approximate surface area is 107 Å². The van der Waals surface area contributed by atoms with Crippen LogP contribution in [-0.2, 0) is 9.53 Å². The van der Waals surface area contributed by atoms with E-state index in [9.17, 15) is 9.90 Å². The van der Waals surface area contributed by atoms with Gasteiger partial charge < -0.3 is 15.2 Å². The van der Waals surface area contributed by atoms with Crippen LogP contribution in [0.3, 0.4) is 0 Å². The molecule has 1 aromatic rings. The van der Waals surface area contributed by atoms with Crippen LogP contribution in [0, 0.1) is 6.92 Å². The van der Waals surface area contributed by atoms with Crippen molar-refractivity contribution in [2.24, 2.45) is 0 Å². The Hall–Kier alpha value is -1.55. The van der Waals surface area contributed by atoms with E-state index in [2.05, 4.69) is 5.32 Å². The van der Waals surface area contributed by atoms with E-state index in [-0.39, 0.29) is 17.3 Å². The second kappa shape index (κ2) is 4.98. The van der Waals surface area contributed by atoms with Gasteiger partial charge in [-0.3, -0.25) is 4.79 Å². The van der Waals surface area contributed by atoms with Crippen molar-refractivity contribution in [1.29, 1.82) is 0 Å². The molecule has 0 saturated heterocycles. The number of hydrogen-bond donors (Lipinski definition) is 2. The fourth-order valence-electron chi connectivity index (χ4n) is 2.21. The molecule has 2 rings (SSSR count). The first-order valence-corrected chi connectivity index (χ1v) is 6.19. The number of rotatable bonds is 4. The van der Waals surface area contributed by atoms with Crippen LogP contribution in [-0.4, -0.2) is 23.7 Å². The third-order valence-electron chi connectivity index (χ3n) is 3.67. The van der Waals surface area contributed by atoms with Crippen LogP contribution in [0.25, 0.3) is 0 Å². The van der Waals surface area contributed by atoms with Crippen LogP contribution in [0.2, 0.25) is 0 Å². The summed E-state index contributed by atoms with van der Waals surface area (Å²) in [7, 11) is 1.66. The zero-order chi connectivity index (χ0) is 13.2. The van der Waals surface area contributed by atoms with E-state index in [1.807, 2.05) is 6.92 Å². The first kappa shape index (κ1) is 12.9. The van der Waals surface area contributed by atoms with Crippen molar-refractivity contribution in [3.63, 3.8) is 0 Å². The van der Waals surface area contributed by atoms with Crippen LogP contribution in [0.5, 0.6) is 5.75 Å². The Morgan fingerprint density at radius 3 is 2.72 bits per heavy atom. The zero-order valence-electron chi connectivity index (χ0n) is 10.8. The molecule has 4 heteroatoms. The second-order valence-corrected chi connectivity index (χ2v) is 4.97. The Morgan fingerprint density at radius 1 is 1.50 bits per heavy atom. The van der Waals surface area contributed by atoms with Crippen LogP contribution >= 0.6 is 0 Å². The van der Waals surface area contributed by atoms with Crippen molar-refractivity contribution >= 4 is 11.6 Å². The molecule has 18 heavy (non-hydrogen) atoms. The van der Waals surface area contributed by atoms with Crippen LogP contribution in [0.4, 0.5) is 5.69 Å². The lowest BCUT2D eigenvalue weighted by atomic mass is 9.77. The van der Waals surface area contributed by atoms with Crippen molar-refractivity contribution in [2.45, 2.75) is 38.2 Å². The van der Waals surface area contributed by atoms with Gasteiger partial charge in [-0.15, -0.1) is 0 Å². The van der Waals surface area contributed by atoms with Crippen molar-refractivity contribution in [3.05, 3.63) is 23.8 Å². The number of anilines is 1. The summed E-state index contributed by atoms with van der Waals surface area (Å²) in [6.45, 7) is 1.81. The summed E-state index contributed by atoms with van der Waals surface area (Å²) in [6, 6.07) is 5.13. The number of ether oxygens (including phenoxy) is 1. The summed E-state index contributed by atoms with van der Waals surface area (Å²) >= 11 is 0. The van der Waals surface area contributed by atoms with Crippen molar-refractivity contribution < 1.29 is 14.6 Å². The van der Waals surface area contributed by atoms with E-state index in [0.29, 0.717) is 12.1 Å². The average molecular weight is 249 g/mol. The third-order valence-corrected chi connectivity index (χ3v) is 3.67. The van der Waals surface area contributed by atoms with Crippen molar-refractivity contribution in [2.75, 3.05) is 12.4 Å². The standard InChI is InChI=1S/C14H19NO3/c1-10-4-5-11(8-12(10)16)15-13(17)9-14(18-2)6-3-7-14/h4-5,8,16H,3,6-7,9H2,1-2H3,(H,15,17). The predicted molar refractivity (Wildman–Crippen MR) is 69.7 cm³/mol. The Bertz CT molecular complexity index is 447. The molecule has 0 spiro atoms. The molecule has 98 valence electrons. The summed E-state index contributed by atoms with van der Waals surface area (Å²) < 4.78 is 5.41. The fraction of sp³-hybridized carbons (Fsp3) is 0.500. The first-order valence-electron chi connectivity index (χ1n) is 6.19. The number of phenols is 1. The highest BCUT2D eigenvalue weighted by Gasteiger charge is 2.38. The van der Waals surface area contributed by atoms with E-state index in [1.165, 1.54) is 0 Å². The molecule has 2 N–H and O–H groups in total. The molecule has 0 radical (unpaired) electrons. The Balaban J connectivity index is 1.96. The normalized spacial score (nSPS) is 17.0. The van der Waals surface area contributed by atoms with Gasteiger partial charge in [0.15, 0.2) is 0 Å². The number of nitrogens with one attached hydrogen (secondary N) is 1. The van der Waals surface area contributed by atoms with Crippen molar-refractivity contribution in [3.8, 4) is 5.75 Å². The van der Waals surface area contributed by atoms with Gasteiger partial charge in [-0.05, 0) is 37.8 Å². The summed E-state index contributed by atoms with van der Waals surface area (Å²) in [6.07, 6.45) is 3.37. The number of hydrogen-bond acceptors (Lipinski definition) is 3. The molecule has 4 nitrogen and oxygen atoms in total. The van der Waals surface area contributed by atoms with Gasteiger partial charge >= 0.3 is 0 Å². The molecule has 1 aliphatic carbocycles. The highest BCUT2D eigenvalue weighted by Crippen LogP contribution is 2.38. The molecule has 0 unspecified atom stereocenters. The van der Waals surface area contributed by atoms with Gasteiger partial charge in [0.25, 0.3) is 0 Å². The maximum Gasteiger partial charge on any atom is 0.227 e. The average Bonchev–Trinajstić information content (AvgIpc) is 2.29. The lowest BCUT2D eigenvalue weighted by Gasteiger charge is -2.39. The van der Waals surface area contributed by atoms with E-state index in [1.54, 1.807) is 25.3 Å². The van der Waals surface area contributed by atoms with Crippen LogP contribution < -0.4 is 5.32 Å². The summed E-state index contributed by atoms with van der Waals surface area (Å²) in [5.41, 5.74) is 1.14. The van der Waals surface area contributed by atoms with Gasteiger partial charge in [0.2, 0.25) is 5.91 Å². The molecular weight excluding hydrogens is 230 g/mol. The molecule has 0 atom stereocenters. The van der Waals surface area contributed by atoms with Gasteiger partial charge in [0.05, 0.1) is 12.0 Å². The summed E-state index contributed by atoms with van der Waals surface area (Å²) in [5, 5.41) is 12.4. The summed E-state index contributed by atoms with van der Waals surface area (Å²) in [4.78, 5) is 11.9. The lowest BCUT2D eigenvalue weighted by molar-refractivity contribution is -0.129. The van der Waals surface area contributed by atoms with Crippen LogP contribution in [0.15, 0.2) is 18.2 Å². The molecule has 1 aromatic carbocycles. The molecule has 1 amide bonds. The minimum Gasteiger partial charge on any atom is -0.508 e. The van der Waals surface area contributed by atoms with Gasteiger partial charge in [-0.2, -0.15) is 0 Å². The quantitative estimate of drug-likeness (QED) is 0.862. The van der Waals surface area contributed by atoms with Gasteiger partial charge in [-0.25, -0.2) is 0 Å². The molecule has 1 aliphatic rings. The minimum atomic E-state index is -0.267. The third kappa shape index (κ3) is 2.64. The largest absolute Gasteiger partial charge is 0.508 e.